The largest absolute Gasteiger partial charge is 0.0651 e. The van der Waals surface area contributed by atoms with Crippen LogP contribution in [-0.2, 0) is 0 Å². The average Bonchev–Trinajstić information content (AvgIpc) is 3.73. The zero-order valence-electron chi connectivity index (χ0n) is 31.4. The van der Waals surface area contributed by atoms with Crippen molar-refractivity contribution in [2.75, 3.05) is 0 Å². The summed E-state index contributed by atoms with van der Waals surface area (Å²) in [5.74, 6) is 2.65. The summed E-state index contributed by atoms with van der Waals surface area (Å²) in [6.45, 7) is 4.71. The van der Waals surface area contributed by atoms with Gasteiger partial charge in [0.05, 0.1) is 0 Å². The first-order valence-corrected chi connectivity index (χ1v) is 22.2. The minimum absolute atomic E-state index is 0.563. The van der Waals surface area contributed by atoms with Crippen molar-refractivity contribution in [2.24, 2.45) is 0 Å². The van der Waals surface area contributed by atoms with E-state index in [9.17, 15) is 0 Å². The van der Waals surface area contributed by atoms with Gasteiger partial charge >= 0.3 is 0 Å². The van der Waals surface area contributed by atoms with Crippen LogP contribution in [0.1, 0.15) is 161 Å². The van der Waals surface area contributed by atoms with Gasteiger partial charge in [0.15, 0.2) is 0 Å². The summed E-state index contributed by atoms with van der Waals surface area (Å²) in [6, 6.07) is 36.3. The van der Waals surface area contributed by atoms with E-state index in [-0.39, 0.29) is 0 Å². The van der Waals surface area contributed by atoms with Gasteiger partial charge in [0, 0.05) is 21.4 Å². The molecule has 0 saturated heterocycles. The molecule has 2 saturated carbocycles. The quantitative estimate of drug-likeness (QED) is 0.130. The van der Waals surface area contributed by atoms with E-state index in [1.165, 1.54) is 135 Å². The maximum absolute atomic E-state index is 2.59. The standard InChI is InChI=1S/C50H58Si/c1-3-13-41-31-47-43(39-27-23-37(24-28-39)35-15-7-5-8-16-35)19-11-21-45(47)49(41)33-51-34-50-42(14-4-2)32-48-44(20-12-22-46(48)50)40-29-25-38(26-30-40)36-17-9-6-10-18-36/h11-12,19-32,35-36,49-50H,3-10,13-18,33-34H2,1-2H3. The summed E-state index contributed by atoms with van der Waals surface area (Å²) in [5.41, 5.74) is 18.2. The van der Waals surface area contributed by atoms with Crippen LogP contribution in [0.5, 0.6) is 0 Å². The molecule has 2 radical (unpaired) electrons. The lowest BCUT2D eigenvalue weighted by molar-refractivity contribution is 0.443. The molecule has 0 bridgehead atoms. The molecule has 1 heteroatoms. The fraction of sp³-hybridized carbons (Fsp3) is 0.440. The highest BCUT2D eigenvalue weighted by Crippen LogP contribution is 2.48. The number of allylic oxidation sites excluding steroid dienone is 2. The van der Waals surface area contributed by atoms with Crippen LogP contribution in [0.3, 0.4) is 0 Å². The van der Waals surface area contributed by atoms with Gasteiger partial charge in [-0.25, -0.2) is 0 Å². The predicted octanol–water partition coefficient (Wildman–Crippen LogP) is 14.9. The lowest BCUT2D eigenvalue weighted by atomic mass is 9.83. The van der Waals surface area contributed by atoms with E-state index >= 15 is 0 Å². The molecule has 0 aliphatic heterocycles. The molecule has 2 atom stereocenters. The Morgan fingerprint density at radius 2 is 0.902 bits per heavy atom. The smallest absolute Gasteiger partial charge is 0.0397 e. The van der Waals surface area contributed by atoms with Gasteiger partial charge in [-0.1, -0.05) is 186 Å². The van der Waals surface area contributed by atoms with Gasteiger partial charge in [-0.15, -0.1) is 0 Å². The number of rotatable bonds is 12. The topological polar surface area (TPSA) is 0 Å². The van der Waals surface area contributed by atoms with Crippen LogP contribution in [0.2, 0.25) is 12.1 Å². The van der Waals surface area contributed by atoms with E-state index in [0.29, 0.717) is 11.8 Å². The summed E-state index contributed by atoms with van der Waals surface area (Å²) >= 11 is 0. The molecule has 4 aliphatic rings. The Bertz CT molecular complexity index is 1710. The Kier molecular flexibility index (Phi) is 10.9. The highest BCUT2D eigenvalue weighted by Gasteiger charge is 2.30. The average molecular weight is 687 g/mol. The van der Waals surface area contributed by atoms with E-state index in [1.807, 2.05) is 0 Å². The zero-order valence-corrected chi connectivity index (χ0v) is 32.4. The van der Waals surface area contributed by atoms with Gasteiger partial charge in [0.25, 0.3) is 0 Å². The van der Waals surface area contributed by atoms with Crippen molar-refractivity contribution < 1.29 is 0 Å². The molecule has 4 aromatic rings. The second kappa shape index (κ2) is 16.1. The van der Waals surface area contributed by atoms with Gasteiger partial charge in [-0.3, -0.25) is 0 Å². The fourth-order valence-electron chi connectivity index (χ4n) is 10.2. The van der Waals surface area contributed by atoms with Crippen molar-refractivity contribution in [3.05, 3.63) is 129 Å². The summed E-state index contributed by atoms with van der Waals surface area (Å²) in [6.07, 6.45) is 23.9. The monoisotopic (exact) mass is 686 g/mol. The van der Waals surface area contributed by atoms with Crippen molar-refractivity contribution in [1.29, 1.82) is 0 Å². The SMILES string of the molecule is CCCC1=Cc2c(-c3ccc(C4CCCCC4)cc3)cccc2C1C[Si]CC1C(CCC)=Cc2c(-c3ccc(C4CCCCC4)cc3)cccc21. The number of hydrogen-bond donors (Lipinski definition) is 0. The van der Waals surface area contributed by atoms with E-state index in [2.05, 4.69) is 111 Å². The summed E-state index contributed by atoms with van der Waals surface area (Å²) < 4.78 is 0. The molecule has 0 spiro atoms. The molecule has 51 heavy (non-hydrogen) atoms. The summed E-state index contributed by atoms with van der Waals surface area (Å²) in [4.78, 5) is 0. The van der Waals surface area contributed by atoms with Crippen molar-refractivity contribution in [2.45, 2.75) is 139 Å². The Hall–Kier alpha value is -3.42. The minimum atomic E-state index is 0.563. The van der Waals surface area contributed by atoms with Crippen LogP contribution in [0.25, 0.3) is 34.4 Å². The molecule has 2 fully saturated rings. The van der Waals surface area contributed by atoms with E-state index < -0.39 is 0 Å². The normalized spacial score (nSPS) is 20.6. The Morgan fingerprint density at radius 3 is 1.29 bits per heavy atom. The van der Waals surface area contributed by atoms with Crippen molar-refractivity contribution in [1.82, 2.24) is 0 Å². The number of hydrogen-bond acceptors (Lipinski definition) is 0. The predicted molar refractivity (Wildman–Crippen MR) is 222 cm³/mol. The fourth-order valence-corrected chi connectivity index (χ4v) is 11.9. The molecular formula is C50H58Si. The first kappa shape index (κ1) is 34.7. The second-order valence-electron chi connectivity index (χ2n) is 16.2. The van der Waals surface area contributed by atoms with Crippen LogP contribution in [0, 0.1) is 0 Å². The first-order valence-electron chi connectivity index (χ1n) is 20.8. The lowest BCUT2D eigenvalue weighted by Crippen LogP contribution is -2.08. The van der Waals surface area contributed by atoms with Crippen molar-refractivity contribution in [3.8, 4) is 22.3 Å². The van der Waals surface area contributed by atoms with Crippen LogP contribution < -0.4 is 0 Å². The molecule has 4 aromatic carbocycles. The molecule has 0 heterocycles. The third kappa shape index (κ3) is 7.30. The highest BCUT2D eigenvalue weighted by atomic mass is 28.2. The molecular weight excluding hydrogens is 629 g/mol. The van der Waals surface area contributed by atoms with Gasteiger partial charge in [-0.05, 0) is 106 Å². The first-order chi connectivity index (χ1) is 25.2. The van der Waals surface area contributed by atoms with E-state index in [1.54, 1.807) is 33.4 Å². The Morgan fingerprint density at radius 1 is 0.490 bits per heavy atom. The van der Waals surface area contributed by atoms with Gasteiger partial charge in [0.2, 0.25) is 0 Å². The molecule has 0 aromatic heterocycles. The molecule has 0 nitrogen and oxygen atoms in total. The van der Waals surface area contributed by atoms with Crippen molar-refractivity contribution in [3.63, 3.8) is 0 Å². The molecule has 262 valence electrons. The van der Waals surface area contributed by atoms with Crippen LogP contribution in [-0.4, -0.2) is 9.52 Å². The molecule has 0 N–H and O–H groups in total. The molecule has 8 rings (SSSR count). The van der Waals surface area contributed by atoms with Gasteiger partial charge in [0.1, 0.15) is 0 Å². The van der Waals surface area contributed by atoms with E-state index in [4.69, 9.17) is 0 Å². The van der Waals surface area contributed by atoms with Crippen LogP contribution >= 0.6 is 0 Å². The lowest BCUT2D eigenvalue weighted by Gasteiger charge is -2.22. The van der Waals surface area contributed by atoms with Crippen LogP contribution in [0.4, 0.5) is 0 Å². The Balaban J connectivity index is 0.997. The Labute approximate surface area is 311 Å². The second-order valence-corrected chi connectivity index (χ2v) is 17.5. The maximum atomic E-state index is 2.59. The minimum Gasteiger partial charge on any atom is -0.0651 e. The summed E-state index contributed by atoms with van der Waals surface area (Å²) in [5, 5.41) is 0. The maximum Gasteiger partial charge on any atom is 0.0397 e. The summed E-state index contributed by atoms with van der Waals surface area (Å²) in [7, 11) is 0.951. The number of benzene rings is 4. The molecule has 4 aliphatic carbocycles. The molecule has 2 unspecified atom stereocenters. The van der Waals surface area contributed by atoms with Crippen LogP contribution in [0.15, 0.2) is 96.1 Å². The van der Waals surface area contributed by atoms with E-state index in [0.717, 1.165) is 21.4 Å². The highest BCUT2D eigenvalue weighted by molar-refractivity contribution is 6.36. The van der Waals surface area contributed by atoms with Crippen molar-refractivity contribution >= 4 is 21.7 Å². The zero-order chi connectivity index (χ0) is 34.6. The molecule has 0 amide bonds. The van der Waals surface area contributed by atoms with Gasteiger partial charge < -0.3 is 0 Å². The number of fused-ring (bicyclic) bond motifs is 2. The van der Waals surface area contributed by atoms with Gasteiger partial charge in [-0.2, -0.15) is 0 Å². The third-order valence-electron chi connectivity index (χ3n) is 13.0. The third-order valence-corrected chi connectivity index (χ3v) is 14.3.